The molecule has 0 bridgehead atoms. The van der Waals surface area contributed by atoms with Crippen molar-refractivity contribution in [1.29, 1.82) is 0 Å². The molecule has 0 fully saturated rings. The van der Waals surface area contributed by atoms with Crippen LogP contribution in [0.4, 0.5) is 0 Å². The van der Waals surface area contributed by atoms with E-state index >= 15 is 0 Å². The van der Waals surface area contributed by atoms with E-state index in [1.807, 2.05) is 41.9 Å². The topological polar surface area (TPSA) is 99.2 Å². The third-order valence-electron chi connectivity index (χ3n) is 3.72. The molecule has 0 saturated heterocycles. The van der Waals surface area contributed by atoms with E-state index in [1.54, 1.807) is 19.3 Å². The summed E-state index contributed by atoms with van der Waals surface area (Å²) in [5.74, 6) is -0.568. The van der Waals surface area contributed by atoms with Gasteiger partial charge in [-0.1, -0.05) is 35.5 Å². The first-order valence-corrected chi connectivity index (χ1v) is 7.96. The fourth-order valence-electron chi connectivity index (χ4n) is 2.46. The van der Waals surface area contributed by atoms with E-state index in [2.05, 4.69) is 15.5 Å². The van der Waals surface area contributed by atoms with Crippen LogP contribution >= 0.6 is 0 Å². The zero-order valence-electron chi connectivity index (χ0n) is 14.4. The van der Waals surface area contributed by atoms with Crippen LogP contribution in [0.2, 0.25) is 0 Å². The Morgan fingerprint density at radius 3 is 2.69 bits per heavy atom. The van der Waals surface area contributed by atoms with E-state index in [1.165, 1.54) is 6.07 Å². The molecule has 8 nitrogen and oxygen atoms in total. The van der Waals surface area contributed by atoms with Crippen LogP contribution in [0.25, 0.3) is 0 Å². The van der Waals surface area contributed by atoms with Crippen molar-refractivity contribution in [2.75, 3.05) is 6.61 Å². The lowest BCUT2D eigenvalue weighted by molar-refractivity contribution is -0.124. The third-order valence-corrected chi connectivity index (χ3v) is 3.72. The summed E-state index contributed by atoms with van der Waals surface area (Å²) in [5.41, 5.74) is 1.42. The number of hydrogen-bond donors (Lipinski definition) is 1. The number of aryl methyl sites for hydroxylation is 2. The highest BCUT2D eigenvalue weighted by atomic mass is 16.6. The highest BCUT2D eigenvalue weighted by Gasteiger charge is 2.22. The van der Waals surface area contributed by atoms with Crippen LogP contribution < -0.4 is 5.32 Å². The van der Waals surface area contributed by atoms with Crippen molar-refractivity contribution in [2.45, 2.75) is 13.0 Å². The van der Waals surface area contributed by atoms with E-state index in [9.17, 15) is 9.59 Å². The van der Waals surface area contributed by atoms with Crippen LogP contribution in [0, 0.1) is 6.92 Å². The molecule has 3 rings (SSSR count). The molecule has 8 heteroatoms. The summed E-state index contributed by atoms with van der Waals surface area (Å²) in [6, 6.07) is 10.4. The maximum atomic E-state index is 12.3. The number of amides is 1. The molecule has 2 aromatic heterocycles. The third kappa shape index (κ3) is 3.97. The zero-order chi connectivity index (χ0) is 18.5. The molecule has 2 heterocycles. The number of aromatic nitrogens is 3. The van der Waals surface area contributed by atoms with E-state index in [4.69, 9.17) is 9.26 Å². The van der Waals surface area contributed by atoms with Crippen LogP contribution in [-0.4, -0.2) is 33.2 Å². The van der Waals surface area contributed by atoms with Crippen LogP contribution in [-0.2, 0) is 16.6 Å². The minimum absolute atomic E-state index is 0.0426. The Bertz CT molecular complexity index is 901. The van der Waals surface area contributed by atoms with E-state index < -0.39 is 24.5 Å². The molecule has 0 aliphatic rings. The highest BCUT2D eigenvalue weighted by Crippen LogP contribution is 2.20. The molecule has 0 aliphatic heterocycles. The molecule has 0 saturated carbocycles. The summed E-state index contributed by atoms with van der Waals surface area (Å²) in [6.07, 6.45) is 3.45. The molecule has 1 N–H and O–H groups in total. The van der Waals surface area contributed by atoms with Gasteiger partial charge in [0, 0.05) is 25.5 Å². The number of imidazole rings is 1. The predicted octanol–water partition coefficient (Wildman–Crippen LogP) is 1.78. The first-order valence-electron chi connectivity index (χ1n) is 7.96. The number of carbonyl (C=O) groups excluding carboxylic acids is 2. The first-order chi connectivity index (χ1) is 12.5. The summed E-state index contributed by atoms with van der Waals surface area (Å²) in [4.78, 5) is 28.5. The molecule has 134 valence electrons. The highest BCUT2D eigenvalue weighted by molar-refractivity contribution is 5.88. The van der Waals surface area contributed by atoms with Gasteiger partial charge in [-0.05, 0) is 12.5 Å². The van der Waals surface area contributed by atoms with Crippen molar-refractivity contribution >= 4 is 11.9 Å². The molecule has 1 atom stereocenters. The Hall–Kier alpha value is -3.42. The lowest BCUT2D eigenvalue weighted by Gasteiger charge is -2.19. The molecule has 3 aromatic rings. The zero-order valence-corrected chi connectivity index (χ0v) is 14.4. The second-order valence-corrected chi connectivity index (χ2v) is 5.72. The number of benzene rings is 1. The van der Waals surface area contributed by atoms with Crippen molar-refractivity contribution in [2.24, 2.45) is 7.05 Å². The Morgan fingerprint density at radius 2 is 2.08 bits per heavy atom. The maximum absolute atomic E-state index is 12.3. The number of nitrogens with one attached hydrogen (secondary N) is 1. The number of ether oxygens (including phenoxy) is 1. The normalized spacial score (nSPS) is 11.8. The van der Waals surface area contributed by atoms with Crippen LogP contribution in [0.5, 0.6) is 0 Å². The Labute approximate surface area is 149 Å². The van der Waals surface area contributed by atoms with Gasteiger partial charge in [0.2, 0.25) is 5.76 Å². The predicted molar refractivity (Wildman–Crippen MR) is 91.2 cm³/mol. The maximum Gasteiger partial charge on any atom is 0.377 e. The smallest absolute Gasteiger partial charge is 0.377 e. The van der Waals surface area contributed by atoms with Crippen molar-refractivity contribution < 1.29 is 18.8 Å². The van der Waals surface area contributed by atoms with Gasteiger partial charge in [-0.3, -0.25) is 4.79 Å². The van der Waals surface area contributed by atoms with Crippen molar-refractivity contribution in [1.82, 2.24) is 20.0 Å². The Balaban J connectivity index is 1.68. The summed E-state index contributed by atoms with van der Waals surface area (Å²) >= 11 is 0. The van der Waals surface area contributed by atoms with Gasteiger partial charge in [0.05, 0.1) is 5.69 Å². The fraction of sp³-hybridized carbons (Fsp3) is 0.222. The van der Waals surface area contributed by atoms with E-state index in [-0.39, 0.29) is 5.76 Å². The lowest BCUT2D eigenvalue weighted by Crippen LogP contribution is -2.34. The fourth-order valence-corrected chi connectivity index (χ4v) is 2.46. The minimum atomic E-state index is -0.742. The second-order valence-electron chi connectivity index (χ2n) is 5.72. The van der Waals surface area contributed by atoms with E-state index in [0.29, 0.717) is 11.5 Å². The van der Waals surface area contributed by atoms with Crippen LogP contribution in [0.1, 0.15) is 33.7 Å². The molecule has 0 unspecified atom stereocenters. The molecule has 1 amide bonds. The minimum Gasteiger partial charge on any atom is -0.450 e. The second kappa shape index (κ2) is 7.64. The first kappa shape index (κ1) is 17.4. The van der Waals surface area contributed by atoms with Gasteiger partial charge >= 0.3 is 5.97 Å². The largest absolute Gasteiger partial charge is 0.450 e. The number of nitrogens with zero attached hydrogens (tertiary/aromatic N) is 3. The molecule has 1 aromatic carbocycles. The lowest BCUT2D eigenvalue weighted by atomic mass is 10.1. The molecular formula is C18H18N4O4. The van der Waals surface area contributed by atoms with Crippen molar-refractivity contribution in [3.63, 3.8) is 0 Å². The quantitative estimate of drug-likeness (QED) is 0.678. The van der Waals surface area contributed by atoms with E-state index in [0.717, 1.165) is 5.56 Å². The number of esters is 1. The number of rotatable bonds is 6. The van der Waals surface area contributed by atoms with Gasteiger partial charge in [-0.15, -0.1) is 0 Å². The number of hydrogen-bond acceptors (Lipinski definition) is 6. The standard InChI is InChI=1S/C18H18N4O4/c1-12-10-14(26-21-12)18(24)25-11-15(23)20-16(13-6-4-3-5-7-13)17-19-8-9-22(17)2/h3-10,16H,11H2,1-2H3,(H,20,23)/t16-/m1/s1. The van der Waals surface area contributed by atoms with Crippen LogP contribution in [0.15, 0.2) is 53.3 Å². The Morgan fingerprint density at radius 1 is 1.31 bits per heavy atom. The molecule has 0 radical (unpaired) electrons. The molecule has 0 spiro atoms. The van der Waals surface area contributed by atoms with Gasteiger partial charge < -0.3 is 19.1 Å². The molecule has 0 aliphatic carbocycles. The van der Waals surface area contributed by atoms with Crippen molar-refractivity contribution in [3.05, 3.63) is 71.6 Å². The summed E-state index contributed by atoms with van der Waals surface area (Å²) in [5, 5.41) is 6.45. The molecular weight excluding hydrogens is 336 g/mol. The van der Waals surface area contributed by atoms with Gasteiger partial charge in [0.15, 0.2) is 6.61 Å². The monoisotopic (exact) mass is 354 g/mol. The summed E-state index contributed by atoms with van der Waals surface area (Å²) in [7, 11) is 1.84. The molecule has 26 heavy (non-hydrogen) atoms. The SMILES string of the molecule is Cc1cc(C(=O)OCC(=O)N[C@H](c2ccccc2)c2nccn2C)on1. The average molecular weight is 354 g/mol. The van der Waals surface area contributed by atoms with Crippen LogP contribution in [0.3, 0.4) is 0 Å². The van der Waals surface area contributed by atoms with Gasteiger partial charge in [-0.2, -0.15) is 0 Å². The summed E-state index contributed by atoms with van der Waals surface area (Å²) < 4.78 is 11.6. The van der Waals surface area contributed by atoms with Crippen molar-refractivity contribution in [3.8, 4) is 0 Å². The van der Waals surface area contributed by atoms with Gasteiger partial charge in [-0.25, -0.2) is 9.78 Å². The summed E-state index contributed by atoms with van der Waals surface area (Å²) in [6.45, 7) is 1.25. The number of carbonyl (C=O) groups is 2. The Kier molecular flexibility index (Phi) is 5.12. The average Bonchev–Trinajstić information content (AvgIpc) is 3.27. The van der Waals surface area contributed by atoms with Gasteiger partial charge in [0.25, 0.3) is 5.91 Å². The van der Waals surface area contributed by atoms with Gasteiger partial charge in [0.1, 0.15) is 11.9 Å².